The summed E-state index contributed by atoms with van der Waals surface area (Å²) in [4.78, 5) is 19.6. The summed E-state index contributed by atoms with van der Waals surface area (Å²) in [6, 6.07) is 13.7. The molecule has 1 saturated heterocycles. The van der Waals surface area contributed by atoms with Crippen molar-refractivity contribution >= 4 is 5.91 Å². The first-order chi connectivity index (χ1) is 16.2. The van der Waals surface area contributed by atoms with E-state index < -0.39 is 0 Å². The Balaban J connectivity index is 0.957. The highest BCUT2D eigenvalue weighted by atomic mass is 16.5. The van der Waals surface area contributed by atoms with Crippen LogP contribution in [0, 0.1) is 23.2 Å². The third kappa shape index (κ3) is 4.19. The van der Waals surface area contributed by atoms with Crippen LogP contribution in [0.3, 0.4) is 0 Å². The second-order valence-corrected chi connectivity index (χ2v) is 10.4. The van der Waals surface area contributed by atoms with E-state index in [9.17, 15) is 4.79 Å². The van der Waals surface area contributed by atoms with Crippen molar-refractivity contribution in [2.45, 2.75) is 44.8 Å². The van der Waals surface area contributed by atoms with Gasteiger partial charge in [0.1, 0.15) is 11.9 Å². The maximum Gasteiger partial charge on any atom is 0.251 e. The Morgan fingerprint density at radius 1 is 1.09 bits per heavy atom. The molecule has 1 spiro atoms. The van der Waals surface area contributed by atoms with Gasteiger partial charge >= 0.3 is 0 Å². The summed E-state index contributed by atoms with van der Waals surface area (Å²) in [6.07, 6.45) is 13.0. The van der Waals surface area contributed by atoms with Gasteiger partial charge in [0.05, 0.1) is 5.69 Å². The molecule has 5 nitrogen and oxygen atoms in total. The van der Waals surface area contributed by atoms with Gasteiger partial charge in [0.2, 0.25) is 0 Å². The quantitative estimate of drug-likeness (QED) is 0.642. The molecule has 1 N–H and O–H groups in total. The van der Waals surface area contributed by atoms with Gasteiger partial charge < -0.3 is 10.1 Å². The van der Waals surface area contributed by atoms with Gasteiger partial charge in [-0.2, -0.15) is 0 Å². The largest absolute Gasteiger partial charge is 0.490 e. The number of hydrogen-bond acceptors (Lipinski definition) is 4. The van der Waals surface area contributed by atoms with Crippen LogP contribution >= 0.6 is 0 Å². The maximum absolute atomic E-state index is 12.7. The summed E-state index contributed by atoms with van der Waals surface area (Å²) in [7, 11) is 0. The predicted octanol–water partition coefficient (Wildman–Crippen LogP) is 4.46. The molecule has 3 fully saturated rings. The Hall–Kier alpha value is -2.66. The monoisotopic (exact) mass is 443 g/mol. The Kier molecular flexibility index (Phi) is 5.45. The zero-order chi connectivity index (χ0) is 22.3. The number of rotatable bonds is 7. The lowest BCUT2D eigenvalue weighted by atomic mass is 9.89. The molecule has 6 rings (SSSR count). The first kappa shape index (κ1) is 20.9. The zero-order valence-corrected chi connectivity index (χ0v) is 19.2. The Morgan fingerprint density at radius 2 is 1.91 bits per heavy atom. The fourth-order valence-corrected chi connectivity index (χ4v) is 6.46. The molecule has 1 aromatic carbocycles. The number of carbonyl (C=O) groups excluding carboxylic acids is 1. The minimum absolute atomic E-state index is 0.0287. The molecule has 2 bridgehead atoms. The molecule has 172 valence electrons. The number of benzene rings is 1. The summed E-state index contributed by atoms with van der Waals surface area (Å²) in [5.74, 6) is 2.94. The molecule has 2 saturated carbocycles. The summed E-state index contributed by atoms with van der Waals surface area (Å²) in [5, 5.41) is 3.19. The number of nitrogens with zero attached hydrogens (tertiary/aromatic N) is 2. The van der Waals surface area contributed by atoms with E-state index in [1.54, 1.807) is 0 Å². The number of hydrogen-bond donors (Lipinski definition) is 1. The number of carbonyl (C=O) groups is 1. The standard InChI is InChI=1S/C28H33N3O2/c32-27(30-18-21-17-22-6-9-26(21)28(22)12-13-28)20-4-7-24(8-5-20)33-25-10-15-31(16-11-25)19-23-3-1-2-14-29-23/h1-9,14,21-22,25-26H,10-13,15-19H2,(H,30,32)/t21-,22-,26+/m0/s1. The van der Waals surface area contributed by atoms with Gasteiger partial charge in [0, 0.05) is 37.9 Å². The SMILES string of the molecule is O=C(NC[C@@H]1C[C@@H]2C=C[C@H]1C21CC1)c1ccc(OC2CCN(Cc3ccccn3)CC2)cc1. The molecular weight excluding hydrogens is 410 g/mol. The van der Waals surface area contributed by atoms with E-state index in [1.807, 2.05) is 42.6 Å². The van der Waals surface area contributed by atoms with Crippen molar-refractivity contribution < 1.29 is 9.53 Å². The first-order valence-electron chi connectivity index (χ1n) is 12.6. The molecule has 5 heteroatoms. The van der Waals surface area contributed by atoms with E-state index in [-0.39, 0.29) is 12.0 Å². The third-order valence-corrected chi connectivity index (χ3v) is 8.44. The van der Waals surface area contributed by atoms with Gasteiger partial charge in [0.25, 0.3) is 5.91 Å². The highest BCUT2D eigenvalue weighted by molar-refractivity contribution is 5.94. The van der Waals surface area contributed by atoms with Gasteiger partial charge in [-0.25, -0.2) is 0 Å². The van der Waals surface area contributed by atoms with Crippen molar-refractivity contribution in [1.82, 2.24) is 15.2 Å². The van der Waals surface area contributed by atoms with E-state index in [1.165, 1.54) is 19.3 Å². The predicted molar refractivity (Wildman–Crippen MR) is 128 cm³/mol. The van der Waals surface area contributed by atoms with Crippen LogP contribution in [0.1, 0.15) is 48.2 Å². The number of amides is 1. The summed E-state index contributed by atoms with van der Waals surface area (Å²) in [5.41, 5.74) is 2.42. The zero-order valence-electron chi connectivity index (χ0n) is 19.2. The summed E-state index contributed by atoms with van der Waals surface area (Å²) >= 11 is 0. The molecule has 1 amide bonds. The van der Waals surface area contributed by atoms with Crippen molar-refractivity contribution in [3.8, 4) is 5.75 Å². The summed E-state index contributed by atoms with van der Waals surface area (Å²) in [6.45, 7) is 3.72. The van der Waals surface area contributed by atoms with E-state index in [2.05, 4.69) is 33.4 Å². The molecule has 2 aromatic rings. The highest BCUT2D eigenvalue weighted by Crippen LogP contribution is 2.69. The minimum atomic E-state index is 0.0287. The highest BCUT2D eigenvalue weighted by Gasteiger charge is 2.62. The molecule has 0 unspecified atom stereocenters. The molecule has 3 aliphatic carbocycles. The second kappa shape index (κ2) is 8.60. The van der Waals surface area contributed by atoms with Crippen molar-refractivity contribution in [3.63, 3.8) is 0 Å². The number of allylic oxidation sites excluding steroid dienone is 2. The maximum atomic E-state index is 12.7. The van der Waals surface area contributed by atoms with Gasteiger partial charge in [-0.05, 0) is 91.7 Å². The van der Waals surface area contributed by atoms with Crippen LogP contribution in [-0.2, 0) is 6.54 Å². The fourth-order valence-electron chi connectivity index (χ4n) is 6.46. The van der Waals surface area contributed by atoms with Crippen LogP contribution in [0.25, 0.3) is 0 Å². The van der Waals surface area contributed by atoms with Gasteiger partial charge in [-0.15, -0.1) is 0 Å². The number of pyridine rings is 1. The first-order valence-corrected chi connectivity index (χ1v) is 12.6. The molecule has 1 aromatic heterocycles. The number of ether oxygens (including phenoxy) is 1. The van der Waals surface area contributed by atoms with Crippen molar-refractivity contribution in [2.75, 3.05) is 19.6 Å². The smallest absolute Gasteiger partial charge is 0.251 e. The molecule has 33 heavy (non-hydrogen) atoms. The number of aromatic nitrogens is 1. The topological polar surface area (TPSA) is 54.5 Å². The molecular formula is C28H33N3O2. The van der Waals surface area contributed by atoms with Crippen LogP contribution in [0.2, 0.25) is 0 Å². The normalized spacial score (nSPS) is 27.7. The lowest BCUT2D eigenvalue weighted by Crippen LogP contribution is -2.38. The lowest BCUT2D eigenvalue weighted by molar-refractivity contribution is 0.0941. The van der Waals surface area contributed by atoms with Crippen LogP contribution in [0.4, 0.5) is 0 Å². The van der Waals surface area contributed by atoms with Crippen LogP contribution in [0.15, 0.2) is 60.8 Å². The van der Waals surface area contributed by atoms with Crippen LogP contribution in [0.5, 0.6) is 5.75 Å². The molecule has 3 atom stereocenters. The Morgan fingerprint density at radius 3 is 2.61 bits per heavy atom. The average Bonchev–Trinajstić information content (AvgIpc) is 3.52. The van der Waals surface area contributed by atoms with Gasteiger partial charge in [-0.3, -0.25) is 14.7 Å². The minimum Gasteiger partial charge on any atom is -0.490 e. The second-order valence-electron chi connectivity index (χ2n) is 10.4. The van der Waals surface area contributed by atoms with Crippen molar-refractivity contribution in [2.24, 2.45) is 23.2 Å². The molecule has 2 heterocycles. The van der Waals surface area contributed by atoms with Gasteiger partial charge in [-0.1, -0.05) is 18.2 Å². The van der Waals surface area contributed by atoms with Crippen LogP contribution < -0.4 is 10.1 Å². The Bertz CT molecular complexity index is 1010. The van der Waals surface area contributed by atoms with Crippen LogP contribution in [-0.4, -0.2) is 41.5 Å². The average molecular weight is 444 g/mol. The van der Waals surface area contributed by atoms with E-state index in [4.69, 9.17) is 4.74 Å². The van der Waals surface area contributed by atoms with E-state index in [0.29, 0.717) is 22.8 Å². The fraction of sp³-hybridized carbons (Fsp3) is 0.500. The van der Waals surface area contributed by atoms with E-state index >= 15 is 0 Å². The number of nitrogens with one attached hydrogen (secondary N) is 1. The van der Waals surface area contributed by atoms with Crippen molar-refractivity contribution in [1.29, 1.82) is 0 Å². The number of piperidine rings is 1. The molecule has 4 aliphatic rings. The Labute approximate surface area is 196 Å². The van der Waals surface area contributed by atoms with Crippen molar-refractivity contribution in [3.05, 3.63) is 72.1 Å². The van der Waals surface area contributed by atoms with E-state index in [0.717, 1.165) is 56.4 Å². The molecule has 0 radical (unpaired) electrons. The molecule has 1 aliphatic heterocycles. The summed E-state index contributed by atoms with van der Waals surface area (Å²) < 4.78 is 6.21. The number of likely N-dealkylation sites (tertiary alicyclic amines) is 1. The lowest BCUT2D eigenvalue weighted by Gasteiger charge is -2.31. The third-order valence-electron chi connectivity index (χ3n) is 8.44. The van der Waals surface area contributed by atoms with Gasteiger partial charge in [0.15, 0.2) is 0 Å².